The number of hydrogen-bond donors (Lipinski definition) is 1. The van der Waals surface area contributed by atoms with Gasteiger partial charge >= 0.3 is 0 Å². The average molecular weight is 413 g/mol. The Morgan fingerprint density at radius 3 is 2.62 bits per heavy atom. The van der Waals surface area contributed by atoms with Crippen LogP contribution in [0.15, 0.2) is 47.6 Å². The summed E-state index contributed by atoms with van der Waals surface area (Å²) < 4.78 is 27.2. The van der Waals surface area contributed by atoms with Gasteiger partial charge in [0.2, 0.25) is 10.0 Å². The van der Waals surface area contributed by atoms with Crippen molar-refractivity contribution in [3.05, 3.63) is 58.5 Å². The molecule has 2 heterocycles. The van der Waals surface area contributed by atoms with Crippen LogP contribution in [0, 0.1) is 0 Å². The number of carbonyl (C=O) groups is 1. The number of hydrogen-bond acceptors (Lipinski definition) is 4. The molecule has 2 aromatic heterocycles. The molecule has 10 heteroatoms. The number of fused-ring (bicyclic) bond motifs is 1. The molecule has 3 aromatic rings. The van der Waals surface area contributed by atoms with Crippen LogP contribution >= 0.6 is 23.2 Å². The van der Waals surface area contributed by atoms with E-state index in [1.807, 2.05) is 0 Å². The third-order valence-corrected chi connectivity index (χ3v) is 6.10. The minimum Gasteiger partial charge on any atom is -0.321 e. The fourth-order valence-corrected chi connectivity index (χ4v) is 3.59. The van der Waals surface area contributed by atoms with E-state index in [0.29, 0.717) is 16.5 Å². The number of amides is 1. The highest BCUT2D eigenvalue weighted by molar-refractivity contribution is 7.89. The van der Waals surface area contributed by atoms with Gasteiger partial charge in [0.1, 0.15) is 10.8 Å². The van der Waals surface area contributed by atoms with Gasteiger partial charge in [0.15, 0.2) is 0 Å². The van der Waals surface area contributed by atoms with Gasteiger partial charge in [-0.2, -0.15) is 0 Å². The van der Waals surface area contributed by atoms with Gasteiger partial charge in [-0.05, 0) is 30.3 Å². The lowest BCUT2D eigenvalue weighted by atomic mass is 10.2. The van der Waals surface area contributed by atoms with E-state index in [1.165, 1.54) is 38.5 Å². The first kappa shape index (κ1) is 18.7. The zero-order valence-electron chi connectivity index (χ0n) is 13.8. The minimum atomic E-state index is -3.68. The van der Waals surface area contributed by atoms with E-state index in [-0.39, 0.29) is 15.5 Å². The molecule has 0 aliphatic carbocycles. The molecule has 0 unspecified atom stereocenters. The van der Waals surface area contributed by atoms with Gasteiger partial charge in [0, 0.05) is 20.3 Å². The van der Waals surface area contributed by atoms with Gasteiger partial charge in [-0.15, -0.1) is 0 Å². The first-order valence-electron chi connectivity index (χ1n) is 7.36. The Hall–Kier alpha value is -2.13. The second-order valence-electron chi connectivity index (χ2n) is 5.61. The van der Waals surface area contributed by atoms with Gasteiger partial charge in [0.25, 0.3) is 5.91 Å². The molecule has 0 aliphatic heterocycles. The molecular weight excluding hydrogens is 399 g/mol. The van der Waals surface area contributed by atoms with Crippen molar-refractivity contribution in [2.75, 3.05) is 19.4 Å². The summed E-state index contributed by atoms with van der Waals surface area (Å²) in [6.07, 6.45) is 3.10. The highest BCUT2D eigenvalue weighted by atomic mass is 35.5. The predicted octanol–water partition coefficient (Wildman–Crippen LogP) is 3.14. The molecule has 0 bridgehead atoms. The fraction of sp³-hybridized carbons (Fsp3) is 0.125. The lowest BCUT2D eigenvalue weighted by Crippen LogP contribution is -2.23. The predicted molar refractivity (Wildman–Crippen MR) is 100 cm³/mol. The first-order valence-corrected chi connectivity index (χ1v) is 9.56. The largest absolute Gasteiger partial charge is 0.321 e. The summed E-state index contributed by atoms with van der Waals surface area (Å²) in [7, 11) is -0.864. The number of rotatable bonds is 4. The number of halogens is 2. The Morgan fingerprint density at radius 2 is 1.92 bits per heavy atom. The average Bonchev–Trinajstić information content (AvgIpc) is 2.95. The maximum atomic E-state index is 12.6. The molecule has 0 spiro atoms. The van der Waals surface area contributed by atoms with Gasteiger partial charge in [-0.3, -0.25) is 9.20 Å². The number of nitrogens with zero attached hydrogens (tertiary/aromatic N) is 3. The monoisotopic (exact) mass is 412 g/mol. The highest BCUT2D eigenvalue weighted by Gasteiger charge is 2.21. The van der Waals surface area contributed by atoms with Crippen molar-refractivity contribution in [3.8, 4) is 0 Å². The molecule has 7 nitrogen and oxygen atoms in total. The van der Waals surface area contributed by atoms with E-state index in [9.17, 15) is 13.2 Å². The van der Waals surface area contributed by atoms with Gasteiger partial charge in [0.05, 0.1) is 27.4 Å². The fourth-order valence-electron chi connectivity index (χ4n) is 2.27. The molecule has 0 fully saturated rings. The molecule has 0 saturated carbocycles. The molecule has 136 valence electrons. The Bertz CT molecular complexity index is 1110. The van der Waals surface area contributed by atoms with Crippen LogP contribution in [0.4, 0.5) is 5.69 Å². The molecule has 1 amide bonds. The summed E-state index contributed by atoms with van der Waals surface area (Å²) in [5.74, 6) is -0.540. The van der Waals surface area contributed by atoms with E-state index in [2.05, 4.69) is 10.3 Å². The van der Waals surface area contributed by atoms with Crippen molar-refractivity contribution in [2.45, 2.75) is 4.90 Å². The van der Waals surface area contributed by atoms with Crippen LogP contribution in [0.2, 0.25) is 10.2 Å². The normalized spacial score (nSPS) is 11.9. The number of carbonyl (C=O) groups excluding carboxylic acids is 1. The third kappa shape index (κ3) is 3.41. The molecule has 0 radical (unpaired) electrons. The van der Waals surface area contributed by atoms with E-state index in [0.717, 1.165) is 4.31 Å². The molecule has 26 heavy (non-hydrogen) atoms. The van der Waals surface area contributed by atoms with Crippen molar-refractivity contribution in [2.24, 2.45) is 0 Å². The number of nitrogens with one attached hydrogen (secondary N) is 1. The van der Waals surface area contributed by atoms with Gasteiger partial charge < -0.3 is 5.32 Å². The molecule has 1 aromatic carbocycles. The smallest absolute Gasteiger partial charge is 0.257 e. The van der Waals surface area contributed by atoms with Crippen LogP contribution in [0.5, 0.6) is 0 Å². The standard InChI is InChI=1S/C16H14Cl2N4O3S/c1-21(2)26(24,25)11-4-5-13(17)12(7-11)16(23)20-10-3-6-15-19-8-14(18)22(15)9-10/h3-9H,1-2H3,(H,20,23). The summed E-state index contributed by atoms with van der Waals surface area (Å²) in [4.78, 5) is 16.7. The summed E-state index contributed by atoms with van der Waals surface area (Å²) in [6, 6.07) is 7.32. The van der Waals surface area contributed by atoms with Gasteiger partial charge in [-0.25, -0.2) is 17.7 Å². The van der Waals surface area contributed by atoms with Crippen LogP contribution in [0.1, 0.15) is 10.4 Å². The van der Waals surface area contributed by atoms with E-state index in [1.54, 1.807) is 22.7 Å². The first-order chi connectivity index (χ1) is 12.2. The Labute approximate surface area is 160 Å². The number of sulfonamides is 1. The summed E-state index contributed by atoms with van der Waals surface area (Å²) in [6.45, 7) is 0. The quantitative estimate of drug-likeness (QED) is 0.713. The van der Waals surface area contributed by atoms with Crippen molar-refractivity contribution < 1.29 is 13.2 Å². The Kier molecular flexibility index (Phi) is 4.94. The van der Waals surface area contributed by atoms with E-state index < -0.39 is 15.9 Å². The summed E-state index contributed by atoms with van der Waals surface area (Å²) in [5.41, 5.74) is 1.14. The zero-order valence-corrected chi connectivity index (χ0v) is 16.1. The van der Waals surface area contributed by atoms with Crippen LogP contribution < -0.4 is 5.32 Å². The van der Waals surface area contributed by atoms with Crippen LogP contribution in [0.25, 0.3) is 5.65 Å². The zero-order chi connectivity index (χ0) is 19.1. The van der Waals surface area contributed by atoms with Crippen molar-refractivity contribution in [1.29, 1.82) is 0 Å². The van der Waals surface area contributed by atoms with Crippen molar-refractivity contribution in [1.82, 2.24) is 13.7 Å². The second-order valence-corrected chi connectivity index (χ2v) is 8.56. The molecule has 3 rings (SSSR count). The lowest BCUT2D eigenvalue weighted by molar-refractivity contribution is 0.102. The SMILES string of the molecule is CN(C)S(=O)(=O)c1ccc(Cl)c(C(=O)Nc2ccc3ncc(Cl)n3c2)c1. The van der Waals surface area contributed by atoms with Crippen LogP contribution in [-0.2, 0) is 10.0 Å². The maximum Gasteiger partial charge on any atom is 0.257 e. The third-order valence-electron chi connectivity index (χ3n) is 3.68. The maximum absolute atomic E-state index is 12.6. The Balaban J connectivity index is 1.95. The number of pyridine rings is 1. The molecule has 0 atom stereocenters. The number of aromatic nitrogens is 2. The molecular formula is C16H14Cl2N4O3S. The lowest BCUT2D eigenvalue weighted by Gasteiger charge is -2.13. The summed E-state index contributed by atoms with van der Waals surface area (Å²) in [5, 5.41) is 3.21. The van der Waals surface area contributed by atoms with Crippen molar-refractivity contribution >= 4 is 50.5 Å². The summed E-state index contributed by atoms with van der Waals surface area (Å²) >= 11 is 12.1. The van der Waals surface area contributed by atoms with Gasteiger partial charge in [-0.1, -0.05) is 23.2 Å². The molecule has 0 aliphatic rings. The van der Waals surface area contributed by atoms with E-state index in [4.69, 9.17) is 23.2 Å². The van der Waals surface area contributed by atoms with Crippen LogP contribution in [-0.4, -0.2) is 42.1 Å². The highest BCUT2D eigenvalue weighted by Crippen LogP contribution is 2.24. The van der Waals surface area contributed by atoms with Crippen molar-refractivity contribution in [3.63, 3.8) is 0 Å². The Morgan fingerprint density at radius 1 is 1.19 bits per heavy atom. The molecule has 1 N–H and O–H groups in total. The minimum absolute atomic E-state index is 0.0230. The molecule has 0 saturated heterocycles. The number of imidazole rings is 1. The number of anilines is 1. The van der Waals surface area contributed by atoms with E-state index >= 15 is 0 Å². The second kappa shape index (κ2) is 6.88. The van der Waals surface area contributed by atoms with Crippen LogP contribution in [0.3, 0.4) is 0 Å². The topological polar surface area (TPSA) is 83.8 Å². The number of benzene rings is 1.